The summed E-state index contributed by atoms with van der Waals surface area (Å²) in [6.07, 6.45) is 0. The second kappa shape index (κ2) is 10.1. The van der Waals surface area contributed by atoms with E-state index in [-0.39, 0.29) is 12.1 Å². The van der Waals surface area contributed by atoms with Crippen LogP contribution in [-0.2, 0) is 0 Å². The molecule has 154 valence electrons. The molecule has 0 saturated heterocycles. The maximum absolute atomic E-state index is 12.9. The third kappa shape index (κ3) is 6.10. The summed E-state index contributed by atoms with van der Waals surface area (Å²) < 4.78 is 0. The molecule has 4 amide bonds. The molecule has 0 saturated carbocycles. The number of para-hydroxylation sites is 1. The number of carbonyl (C=O) groups is 2. The Kier molecular flexibility index (Phi) is 7.05. The first kappa shape index (κ1) is 20.9. The summed E-state index contributed by atoms with van der Waals surface area (Å²) in [4.78, 5) is 26.7. The van der Waals surface area contributed by atoms with E-state index in [0.29, 0.717) is 13.1 Å². The molecule has 0 aliphatic rings. The van der Waals surface area contributed by atoms with Crippen LogP contribution in [-0.4, -0.2) is 25.2 Å². The SMILES string of the molecule is Cc1ccc(NC(=O)NCCN(C(=O)Nc2ccc(C)cc2)c2ccccc2)cc1. The van der Waals surface area contributed by atoms with E-state index in [1.807, 2.05) is 92.7 Å². The zero-order valence-corrected chi connectivity index (χ0v) is 17.2. The predicted molar refractivity (Wildman–Crippen MR) is 122 cm³/mol. The van der Waals surface area contributed by atoms with E-state index in [4.69, 9.17) is 0 Å². The van der Waals surface area contributed by atoms with Crippen molar-refractivity contribution in [1.29, 1.82) is 0 Å². The first-order valence-electron chi connectivity index (χ1n) is 9.83. The Morgan fingerprint density at radius 2 is 1.27 bits per heavy atom. The lowest BCUT2D eigenvalue weighted by Crippen LogP contribution is -2.42. The van der Waals surface area contributed by atoms with Gasteiger partial charge < -0.3 is 16.0 Å². The van der Waals surface area contributed by atoms with E-state index in [1.54, 1.807) is 4.90 Å². The second-order valence-corrected chi connectivity index (χ2v) is 7.03. The number of benzene rings is 3. The molecule has 0 aliphatic heterocycles. The number of anilines is 3. The average molecular weight is 402 g/mol. The van der Waals surface area contributed by atoms with Gasteiger partial charge in [-0.15, -0.1) is 0 Å². The van der Waals surface area contributed by atoms with Gasteiger partial charge in [0.05, 0.1) is 0 Å². The van der Waals surface area contributed by atoms with Gasteiger partial charge in [-0.25, -0.2) is 9.59 Å². The van der Waals surface area contributed by atoms with E-state index in [1.165, 1.54) is 0 Å². The number of nitrogens with one attached hydrogen (secondary N) is 3. The molecule has 0 spiro atoms. The van der Waals surface area contributed by atoms with Crippen LogP contribution < -0.4 is 20.9 Å². The van der Waals surface area contributed by atoms with Crippen LogP contribution in [0, 0.1) is 13.8 Å². The molecule has 0 bridgehead atoms. The molecule has 3 aromatic rings. The molecule has 0 unspecified atom stereocenters. The second-order valence-electron chi connectivity index (χ2n) is 7.03. The van der Waals surface area contributed by atoms with E-state index in [0.717, 1.165) is 28.2 Å². The molecule has 0 radical (unpaired) electrons. The molecule has 0 fully saturated rings. The number of hydrogen-bond donors (Lipinski definition) is 3. The van der Waals surface area contributed by atoms with Gasteiger partial charge in [0.2, 0.25) is 0 Å². The lowest BCUT2D eigenvalue weighted by molar-refractivity contribution is 0.250. The quantitative estimate of drug-likeness (QED) is 0.533. The van der Waals surface area contributed by atoms with Crippen molar-refractivity contribution in [1.82, 2.24) is 5.32 Å². The third-order valence-electron chi connectivity index (χ3n) is 4.55. The van der Waals surface area contributed by atoms with Crippen molar-refractivity contribution in [3.8, 4) is 0 Å². The summed E-state index contributed by atoms with van der Waals surface area (Å²) in [7, 11) is 0. The highest BCUT2D eigenvalue weighted by Crippen LogP contribution is 2.16. The van der Waals surface area contributed by atoms with Gasteiger partial charge >= 0.3 is 12.1 Å². The fourth-order valence-electron chi connectivity index (χ4n) is 2.88. The first-order chi connectivity index (χ1) is 14.5. The van der Waals surface area contributed by atoms with E-state index in [2.05, 4.69) is 16.0 Å². The number of amides is 4. The molecular formula is C24H26N4O2. The van der Waals surface area contributed by atoms with Crippen molar-refractivity contribution < 1.29 is 9.59 Å². The van der Waals surface area contributed by atoms with Crippen LogP contribution in [0.1, 0.15) is 11.1 Å². The van der Waals surface area contributed by atoms with Gasteiger partial charge in [-0.3, -0.25) is 4.90 Å². The highest BCUT2D eigenvalue weighted by atomic mass is 16.2. The number of rotatable bonds is 6. The molecule has 6 nitrogen and oxygen atoms in total. The number of nitrogens with zero attached hydrogens (tertiary/aromatic N) is 1. The van der Waals surface area contributed by atoms with Gasteiger partial charge in [0.25, 0.3) is 0 Å². The number of aryl methyl sites for hydroxylation is 2. The zero-order valence-electron chi connectivity index (χ0n) is 17.2. The zero-order chi connectivity index (χ0) is 21.3. The lowest BCUT2D eigenvalue weighted by atomic mass is 10.2. The van der Waals surface area contributed by atoms with Crippen LogP contribution in [0.2, 0.25) is 0 Å². The molecule has 0 aromatic heterocycles. The summed E-state index contributed by atoms with van der Waals surface area (Å²) >= 11 is 0. The minimum Gasteiger partial charge on any atom is -0.336 e. The summed E-state index contributed by atoms with van der Waals surface area (Å²) in [5.74, 6) is 0. The summed E-state index contributed by atoms with van der Waals surface area (Å²) in [6.45, 7) is 4.61. The fourth-order valence-corrected chi connectivity index (χ4v) is 2.88. The van der Waals surface area contributed by atoms with E-state index in [9.17, 15) is 9.59 Å². The van der Waals surface area contributed by atoms with Crippen molar-refractivity contribution in [2.24, 2.45) is 0 Å². The first-order valence-corrected chi connectivity index (χ1v) is 9.83. The van der Waals surface area contributed by atoms with Crippen LogP contribution >= 0.6 is 0 Å². The van der Waals surface area contributed by atoms with Crippen molar-refractivity contribution in [3.05, 3.63) is 90.0 Å². The Labute approximate surface area is 176 Å². The molecule has 0 aliphatic carbocycles. The highest BCUT2D eigenvalue weighted by molar-refractivity contribution is 6.01. The van der Waals surface area contributed by atoms with Crippen LogP contribution in [0.15, 0.2) is 78.9 Å². The van der Waals surface area contributed by atoms with Crippen LogP contribution in [0.3, 0.4) is 0 Å². The fraction of sp³-hybridized carbons (Fsp3) is 0.167. The largest absolute Gasteiger partial charge is 0.336 e. The minimum atomic E-state index is -0.314. The number of carbonyl (C=O) groups excluding carboxylic acids is 2. The molecular weight excluding hydrogens is 376 g/mol. The van der Waals surface area contributed by atoms with Crippen molar-refractivity contribution in [2.45, 2.75) is 13.8 Å². The third-order valence-corrected chi connectivity index (χ3v) is 4.55. The minimum absolute atomic E-state index is 0.259. The summed E-state index contributed by atoms with van der Waals surface area (Å²) in [5.41, 5.74) is 4.44. The average Bonchev–Trinajstić information content (AvgIpc) is 2.75. The van der Waals surface area contributed by atoms with Gasteiger partial charge in [-0.1, -0.05) is 53.6 Å². The molecule has 0 atom stereocenters. The summed E-state index contributed by atoms with van der Waals surface area (Å²) in [5, 5.41) is 8.50. The van der Waals surface area contributed by atoms with Gasteiger partial charge in [-0.2, -0.15) is 0 Å². The van der Waals surface area contributed by atoms with Crippen molar-refractivity contribution >= 4 is 29.1 Å². The van der Waals surface area contributed by atoms with Crippen LogP contribution in [0.4, 0.5) is 26.7 Å². The van der Waals surface area contributed by atoms with Gasteiger partial charge in [0.15, 0.2) is 0 Å². The van der Waals surface area contributed by atoms with E-state index < -0.39 is 0 Å². The predicted octanol–water partition coefficient (Wildman–Crippen LogP) is 5.16. The maximum Gasteiger partial charge on any atom is 0.326 e. The smallest absolute Gasteiger partial charge is 0.326 e. The Bertz CT molecular complexity index is 970. The molecule has 30 heavy (non-hydrogen) atoms. The summed E-state index contributed by atoms with van der Waals surface area (Å²) in [6, 6.07) is 24.0. The number of urea groups is 2. The monoisotopic (exact) mass is 402 g/mol. The molecule has 3 aromatic carbocycles. The Balaban J connectivity index is 1.60. The topological polar surface area (TPSA) is 73.5 Å². The van der Waals surface area contributed by atoms with Gasteiger partial charge in [-0.05, 0) is 50.2 Å². The Hall–Kier alpha value is -3.80. The highest BCUT2D eigenvalue weighted by Gasteiger charge is 2.16. The lowest BCUT2D eigenvalue weighted by Gasteiger charge is -2.23. The van der Waals surface area contributed by atoms with Crippen molar-refractivity contribution in [2.75, 3.05) is 28.6 Å². The van der Waals surface area contributed by atoms with Gasteiger partial charge in [0.1, 0.15) is 0 Å². The Morgan fingerprint density at radius 3 is 1.83 bits per heavy atom. The molecule has 0 heterocycles. The number of hydrogen-bond acceptors (Lipinski definition) is 2. The van der Waals surface area contributed by atoms with Crippen molar-refractivity contribution in [3.63, 3.8) is 0 Å². The maximum atomic E-state index is 12.9. The standard InChI is InChI=1S/C24H26N4O2/c1-18-8-12-20(13-9-18)26-23(29)25-16-17-28(22-6-4-3-5-7-22)24(30)27-21-14-10-19(2)11-15-21/h3-15H,16-17H2,1-2H3,(H,27,30)(H2,25,26,29). The molecule has 6 heteroatoms. The molecule has 3 rings (SSSR count). The van der Waals surface area contributed by atoms with Crippen LogP contribution in [0.25, 0.3) is 0 Å². The van der Waals surface area contributed by atoms with E-state index >= 15 is 0 Å². The Morgan fingerprint density at radius 1 is 0.733 bits per heavy atom. The van der Waals surface area contributed by atoms with Gasteiger partial charge in [0, 0.05) is 30.2 Å². The van der Waals surface area contributed by atoms with Crippen LogP contribution in [0.5, 0.6) is 0 Å². The molecule has 3 N–H and O–H groups in total. The normalized spacial score (nSPS) is 10.2.